The number of nitrogen functional groups attached to an aromatic ring is 1. The van der Waals surface area contributed by atoms with Gasteiger partial charge in [0.05, 0.1) is 28.6 Å². The van der Waals surface area contributed by atoms with Crippen molar-refractivity contribution in [1.82, 2.24) is 40.2 Å². The van der Waals surface area contributed by atoms with Gasteiger partial charge in [0.25, 0.3) is 11.8 Å². The summed E-state index contributed by atoms with van der Waals surface area (Å²) in [7, 11) is 0. The first-order valence-corrected chi connectivity index (χ1v) is 23.2. The van der Waals surface area contributed by atoms with E-state index in [9.17, 15) is 24.3 Å². The maximum absolute atomic E-state index is 13.3. The molecule has 2 bridgehead atoms. The average Bonchev–Trinajstić information content (AvgIpc) is 3.74. The second-order valence-corrected chi connectivity index (χ2v) is 18.0. The minimum absolute atomic E-state index is 0.0918. The summed E-state index contributed by atoms with van der Waals surface area (Å²) in [6.45, 7) is 10.1. The average molecular weight is 901 g/mol. The molecule has 0 aliphatic carbocycles. The summed E-state index contributed by atoms with van der Waals surface area (Å²) in [5.74, 6) is -0.188. The third-order valence-corrected chi connectivity index (χ3v) is 14.0. The van der Waals surface area contributed by atoms with Gasteiger partial charge in [-0.15, -0.1) is 10.2 Å². The molecule has 6 aliphatic heterocycles. The molecule has 3 atom stereocenters. The fourth-order valence-corrected chi connectivity index (χ4v) is 10.4. The number of nitrogens with zero attached hydrogens (tertiary/aromatic N) is 10. The molecular weight excluding hydrogens is 845 g/mol. The molecule has 2 aromatic heterocycles. The standard InChI is InChI=1S/C47H56N12O7/c48-43-39(27-37(52-53-43)35-4-1-2-5-40(35)60)57-28-31-6-7-32(29-57)58(31)47-49-15-12-42(51-47)66-25-23-55-21-19-54(20-22-55)16-3-24-65-33-13-17-56(18-14-33)30-8-9-34-36(26-30)46(64)59(45(34)63)38-10-11-41(61)50-44(38)62/h1-2,4-5,8-9,12,15,26-27,31-33,38,60H,3,6-7,10-11,13-14,16-25,28-29H2,(H2,48,53)(H,50,61,62)/t31?,32?,38-/m1/s1. The largest absolute Gasteiger partial charge is 0.507 e. The quantitative estimate of drug-likeness (QED) is 0.122. The van der Waals surface area contributed by atoms with Crippen LogP contribution in [-0.2, 0) is 14.3 Å². The van der Waals surface area contributed by atoms with Crippen LogP contribution in [0.3, 0.4) is 0 Å². The Morgan fingerprint density at radius 2 is 1.50 bits per heavy atom. The zero-order valence-corrected chi connectivity index (χ0v) is 37.0. The van der Waals surface area contributed by atoms with Crippen LogP contribution in [0.5, 0.6) is 11.6 Å². The van der Waals surface area contributed by atoms with Gasteiger partial charge in [0.1, 0.15) is 18.4 Å². The second-order valence-electron chi connectivity index (χ2n) is 18.0. The molecule has 19 heteroatoms. The lowest BCUT2D eigenvalue weighted by Crippen LogP contribution is -2.54. The number of phenols is 1. The van der Waals surface area contributed by atoms with Gasteiger partial charge in [-0.3, -0.25) is 34.3 Å². The lowest BCUT2D eigenvalue weighted by atomic mass is 10.0. The van der Waals surface area contributed by atoms with Crippen LogP contribution in [0.1, 0.15) is 65.7 Å². The highest BCUT2D eigenvalue weighted by Gasteiger charge is 2.45. The van der Waals surface area contributed by atoms with Gasteiger partial charge >= 0.3 is 0 Å². The number of carbonyl (C=O) groups excluding carboxylic acids is 4. The number of amides is 4. The number of hydrogen-bond acceptors (Lipinski definition) is 17. The molecule has 2 unspecified atom stereocenters. The zero-order valence-electron chi connectivity index (χ0n) is 37.0. The molecule has 4 amide bonds. The van der Waals surface area contributed by atoms with Crippen LogP contribution in [0, 0.1) is 0 Å². The van der Waals surface area contributed by atoms with E-state index in [0.29, 0.717) is 53.2 Å². The summed E-state index contributed by atoms with van der Waals surface area (Å²) >= 11 is 0. The number of para-hydroxylation sites is 1. The number of rotatable bonds is 14. The van der Waals surface area contributed by atoms with E-state index < -0.39 is 29.7 Å². The number of anilines is 4. The lowest BCUT2D eigenvalue weighted by molar-refractivity contribution is -0.136. The molecule has 6 aliphatic rings. The number of hydrogen-bond donors (Lipinski definition) is 3. The van der Waals surface area contributed by atoms with Crippen LogP contribution < -0.4 is 30.5 Å². The van der Waals surface area contributed by atoms with Crippen molar-refractivity contribution in [3.8, 4) is 22.9 Å². The molecule has 0 radical (unpaired) electrons. The van der Waals surface area contributed by atoms with E-state index in [2.05, 4.69) is 45.0 Å². The predicted molar refractivity (Wildman–Crippen MR) is 244 cm³/mol. The van der Waals surface area contributed by atoms with Crippen molar-refractivity contribution in [2.24, 2.45) is 0 Å². The van der Waals surface area contributed by atoms with Crippen LogP contribution >= 0.6 is 0 Å². The first-order valence-electron chi connectivity index (χ1n) is 23.2. The summed E-state index contributed by atoms with van der Waals surface area (Å²) < 4.78 is 12.5. The van der Waals surface area contributed by atoms with E-state index >= 15 is 0 Å². The van der Waals surface area contributed by atoms with E-state index in [-0.39, 0.29) is 36.8 Å². The Morgan fingerprint density at radius 3 is 2.26 bits per heavy atom. The summed E-state index contributed by atoms with van der Waals surface area (Å²) in [4.78, 5) is 72.8. The summed E-state index contributed by atoms with van der Waals surface area (Å²) in [6, 6.07) is 15.6. The number of piperazine rings is 2. The SMILES string of the molecule is Nc1nnc(-c2ccccc2O)cc1N1CC2CCC(C1)N2c1nccc(OCCN2CCN(CCCOC3CCN(c4ccc5c(c4)C(=O)N([C@@H]4CCC(=O)NC4=O)C5=O)CC3)CC2)n1. The van der Waals surface area contributed by atoms with Crippen molar-refractivity contribution in [2.45, 2.75) is 69.2 Å². The number of fused-ring (bicyclic) bond motifs is 3. The Balaban J connectivity index is 0.620. The Labute approximate surface area is 382 Å². The topological polar surface area (TPSA) is 216 Å². The zero-order chi connectivity index (χ0) is 45.3. The third kappa shape index (κ3) is 8.93. The number of aromatic nitrogens is 4. The molecule has 66 heavy (non-hydrogen) atoms. The van der Waals surface area contributed by atoms with Gasteiger partial charge in [0, 0.05) is 114 Å². The van der Waals surface area contributed by atoms with Gasteiger partial charge in [-0.1, -0.05) is 12.1 Å². The highest BCUT2D eigenvalue weighted by molar-refractivity contribution is 6.23. The van der Waals surface area contributed by atoms with Crippen molar-refractivity contribution >= 4 is 46.8 Å². The van der Waals surface area contributed by atoms with Crippen molar-refractivity contribution in [3.05, 3.63) is 71.9 Å². The number of aromatic hydroxyl groups is 1. The number of imide groups is 2. The summed E-state index contributed by atoms with van der Waals surface area (Å²) in [6.07, 6.45) is 6.93. The van der Waals surface area contributed by atoms with E-state index in [1.807, 2.05) is 30.3 Å². The van der Waals surface area contributed by atoms with Crippen LogP contribution in [-0.4, -0.2) is 166 Å². The van der Waals surface area contributed by atoms with Gasteiger partial charge in [0.15, 0.2) is 5.82 Å². The normalized spacial score (nSPS) is 22.9. The monoisotopic (exact) mass is 900 g/mol. The number of benzene rings is 2. The molecule has 19 nitrogen and oxygen atoms in total. The van der Waals surface area contributed by atoms with Gasteiger partial charge < -0.3 is 39.9 Å². The second kappa shape index (κ2) is 18.8. The number of ether oxygens (including phenoxy) is 2. The van der Waals surface area contributed by atoms with Crippen LogP contribution in [0.2, 0.25) is 0 Å². The Bertz CT molecular complexity index is 2460. The Kier molecular flexibility index (Phi) is 12.4. The van der Waals surface area contributed by atoms with Crippen molar-refractivity contribution < 1.29 is 33.8 Å². The predicted octanol–water partition coefficient (Wildman–Crippen LogP) is 2.55. The van der Waals surface area contributed by atoms with Crippen molar-refractivity contribution in [3.63, 3.8) is 0 Å². The van der Waals surface area contributed by atoms with E-state index in [4.69, 9.17) is 20.2 Å². The number of phenolic OH excluding ortho intramolecular Hbond substituents is 1. The number of nitrogens with one attached hydrogen (secondary N) is 1. The van der Waals surface area contributed by atoms with Gasteiger partial charge in [-0.05, 0) is 74.9 Å². The fraction of sp³-hybridized carbons (Fsp3) is 0.489. The molecule has 4 aromatic rings. The molecule has 8 heterocycles. The Morgan fingerprint density at radius 1 is 0.758 bits per heavy atom. The highest BCUT2D eigenvalue weighted by atomic mass is 16.5. The van der Waals surface area contributed by atoms with E-state index in [0.717, 1.165) is 114 Å². The number of carbonyl (C=O) groups is 4. The van der Waals surface area contributed by atoms with Gasteiger partial charge in [-0.2, -0.15) is 4.98 Å². The summed E-state index contributed by atoms with van der Waals surface area (Å²) in [5.41, 5.74) is 9.83. The maximum Gasteiger partial charge on any atom is 0.262 e. The minimum atomic E-state index is -0.973. The first kappa shape index (κ1) is 43.5. The van der Waals surface area contributed by atoms with Crippen LogP contribution in [0.25, 0.3) is 11.3 Å². The van der Waals surface area contributed by atoms with Crippen molar-refractivity contribution in [1.29, 1.82) is 0 Å². The Hall–Kier alpha value is -6.44. The van der Waals surface area contributed by atoms with Crippen LogP contribution in [0.4, 0.5) is 23.1 Å². The van der Waals surface area contributed by atoms with E-state index in [1.165, 1.54) is 0 Å². The third-order valence-electron chi connectivity index (χ3n) is 14.0. The maximum atomic E-state index is 13.3. The lowest BCUT2D eigenvalue weighted by Gasteiger charge is -2.42. The number of piperidine rings is 2. The van der Waals surface area contributed by atoms with Gasteiger partial charge in [0.2, 0.25) is 23.6 Å². The fourth-order valence-electron chi connectivity index (χ4n) is 10.4. The smallest absolute Gasteiger partial charge is 0.262 e. The van der Waals surface area contributed by atoms with Gasteiger partial charge in [-0.25, -0.2) is 4.98 Å². The minimum Gasteiger partial charge on any atom is -0.507 e. The van der Waals surface area contributed by atoms with E-state index in [1.54, 1.807) is 30.5 Å². The molecule has 4 N–H and O–H groups in total. The molecule has 0 spiro atoms. The van der Waals surface area contributed by atoms with Crippen LogP contribution in [0.15, 0.2) is 60.8 Å². The molecule has 10 rings (SSSR count). The molecular formula is C47H56N12O7. The number of nitrogens with two attached hydrogens (primary N) is 1. The summed E-state index contributed by atoms with van der Waals surface area (Å²) in [5, 5.41) is 21.2. The molecule has 5 fully saturated rings. The molecule has 2 aromatic carbocycles. The first-order chi connectivity index (χ1) is 32.2. The van der Waals surface area contributed by atoms with Crippen molar-refractivity contribution in [2.75, 3.05) is 99.1 Å². The molecule has 5 saturated heterocycles. The molecule has 346 valence electrons. The highest BCUT2D eigenvalue weighted by Crippen LogP contribution is 2.38. The molecule has 0 saturated carbocycles.